The van der Waals surface area contributed by atoms with Gasteiger partial charge in [0, 0.05) is 0 Å². The predicted molar refractivity (Wildman–Crippen MR) is 100 cm³/mol. The number of carbonyl (C=O) groups excluding carboxylic acids is 1. The molecule has 24 heavy (non-hydrogen) atoms. The highest BCUT2D eigenvalue weighted by atomic mass is 16.5. The number of aryl methyl sites for hydroxylation is 1. The Morgan fingerprint density at radius 2 is 1.54 bits per heavy atom. The number of rotatable bonds is 8. The normalized spacial score (nSPS) is 12.0. The molecule has 0 aliphatic heterocycles. The monoisotopic (exact) mass is 324 g/mol. The minimum absolute atomic E-state index is 0.222. The Morgan fingerprint density at radius 3 is 2.08 bits per heavy atom. The lowest BCUT2D eigenvalue weighted by Gasteiger charge is -2.14. The number of benzene rings is 2. The van der Waals surface area contributed by atoms with Gasteiger partial charge in [-0.25, -0.2) is 4.79 Å². The summed E-state index contributed by atoms with van der Waals surface area (Å²) in [6, 6.07) is 16.1. The van der Waals surface area contributed by atoms with Crippen LogP contribution in [0, 0.1) is 12.8 Å². The van der Waals surface area contributed by atoms with Crippen molar-refractivity contribution < 1.29 is 9.53 Å². The van der Waals surface area contributed by atoms with E-state index in [0.717, 1.165) is 24.0 Å². The van der Waals surface area contributed by atoms with Gasteiger partial charge in [-0.3, -0.25) is 0 Å². The van der Waals surface area contributed by atoms with Crippen molar-refractivity contribution in [2.24, 2.45) is 5.92 Å². The average Bonchev–Trinajstić information content (AvgIpc) is 2.62. The van der Waals surface area contributed by atoms with Crippen LogP contribution in [0.1, 0.15) is 55.5 Å². The number of ether oxygens (including phenoxy) is 1. The number of unbranched alkanes of at least 4 members (excludes halogenated alkanes) is 1. The third-order valence-corrected chi connectivity index (χ3v) is 4.50. The lowest BCUT2D eigenvalue weighted by Crippen LogP contribution is -2.14. The molecule has 2 heteroatoms. The summed E-state index contributed by atoms with van der Waals surface area (Å²) in [5.41, 5.74) is 4.13. The molecule has 0 saturated carbocycles. The van der Waals surface area contributed by atoms with E-state index in [0.29, 0.717) is 18.1 Å². The maximum atomic E-state index is 12.2. The van der Waals surface area contributed by atoms with Gasteiger partial charge in [0.2, 0.25) is 0 Å². The molecule has 0 amide bonds. The second kappa shape index (κ2) is 9.27. The zero-order valence-corrected chi connectivity index (χ0v) is 15.0. The van der Waals surface area contributed by atoms with Crippen LogP contribution < -0.4 is 0 Å². The summed E-state index contributed by atoms with van der Waals surface area (Å²) < 4.78 is 5.50. The van der Waals surface area contributed by atoms with Crippen molar-refractivity contribution >= 4 is 5.97 Å². The molecule has 2 rings (SSSR count). The highest BCUT2D eigenvalue weighted by molar-refractivity contribution is 5.90. The fourth-order valence-corrected chi connectivity index (χ4v) is 2.72. The van der Waals surface area contributed by atoms with Gasteiger partial charge >= 0.3 is 5.97 Å². The number of esters is 1. The summed E-state index contributed by atoms with van der Waals surface area (Å²) in [4.78, 5) is 12.2. The SMILES string of the molecule is CCCCC(CC)COC(=O)c1ccc(-c2ccc(C)cc2)cc1. The summed E-state index contributed by atoms with van der Waals surface area (Å²) >= 11 is 0. The van der Waals surface area contributed by atoms with Gasteiger partial charge in [0.15, 0.2) is 0 Å². The molecule has 1 unspecified atom stereocenters. The summed E-state index contributed by atoms with van der Waals surface area (Å²) in [5, 5.41) is 0. The van der Waals surface area contributed by atoms with E-state index in [1.54, 1.807) is 0 Å². The Labute approximate surface area is 145 Å². The van der Waals surface area contributed by atoms with Crippen molar-refractivity contribution in [3.63, 3.8) is 0 Å². The van der Waals surface area contributed by atoms with Crippen LogP contribution in [0.3, 0.4) is 0 Å². The zero-order valence-electron chi connectivity index (χ0n) is 15.0. The van der Waals surface area contributed by atoms with Crippen LogP contribution in [0.25, 0.3) is 11.1 Å². The Bertz CT molecular complexity index is 626. The lowest BCUT2D eigenvalue weighted by atomic mass is 10.0. The number of hydrogen-bond donors (Lipinski definition) is 0. The van der Waals surface area contributed by atoms with Crippen molar-refractivity contribution in [2.45, 2.75) is 46.5 Å². The van der Waals surface area contributed by atoms with Gasteiger partial charge in [-0.1, -0.05) is 75.1 Å². The molecular weight excluding hydrogens is 296 g/mol. The molecule has 0 aliphatic carbocycles. The van der Waals surface area contributed by atoms with Crippen LogP contribution in [-0.4, -0.2) is 12.6 Å². The Kier molecular flexibility index (Phi) is 7.05. The smallest absolute Gasteiger partial charge is 0.338 e. The van der Waals surface area contributed by atoms with Gasteiger partial charge in [0.25, 0.3) is 0 Å². The molecule has 0 spiro atoms. The van der Waals surface area contributed by atoms with Crippen LogP contribution in [0.4, 0.5) is 0 Å². The molecule has 2 aromatic carbocycles. The largest absolute Gasteiger partial charge is 0.462 e. The van der Waals surface area contributed by atoms with Crippen LogP contribution >= 0.6 is 0 Å². The summed E-state index contributed by atoms with van der Waals surface area (Å²) in [6.45, 7) is 6.95. The molecule has 0 saturated heterocycles. The number of carbonyl (C=O) groups is 1. The molecule has 0 heterocycles. The first-order valence-electron chi connectivity index (χ1n) is 8.98. The fourth-order valence-electron chi connectivity index (χ4n) is 2.72. The molecule has 2 nitrogen and oxygen atoms in total. The van der Waals surface area contributed by atoms with Crippen molar-refractivity contribution in [2.75, 3.05) is 6.61 Å². The van der Waals surface area contributed by atoms with Crippen LogP contribution in [-0.2, 0) is 4.74 Å². The van der Waals surface area contributed by atoms with Gasteiger partial charge < -0.3 is 4.74 Å². The fraction of sp³-hybridized carbons (Fsp3) is 0.409. The number of hydrogen-bond acceptors (Lipinski definition) is 2. The molecule has 2 aromatic rings. The Morgan fingerprint density at radius 1 is 0.958 bits per heavy atom. The standard InChI is InChI=1S/C22H28O2/c1-4-6-7-18(5-2)16-24-22(23)21-14-12-20(13-15-21)19-10-8-17(3)9-11-19/h8-15,18H,4-7,16H2,1-3H3. The predicted octanol–water partition coefficient (Wildman–Crippen LogP) is 6.04. The van der Waals surface area contributed by atoms with E-state index in [-0.39, 0.29) is 5.97 Å². The molecule has 128 valence electrons. The average molecular weight is 324 g/mol. The first-order valence-corrected chi connectivity index (χ1v) is 8.98. The first kappa shape index (κ1) is 18.3. The van der Waals surface area contributed by atoms with Gasteiger partial charge in [-0.2, -0.15) is 0 Å². The van der Waals surface area contributed by atoms with Crippen molar-refractivity contribution in [1.29, 1.82) is 0 Å². The zero-order chi connectivity index (χ0) is 17.4. The van der Waals surface area contributed by atoms with E-state index in [2.05, 4.69) is 45.0 Å². The summed E-state index contributed by atoms with van der Waals surface area (Å²) in [6.07, 6.45) is 4.57. The minimum atomic E-state index is -0.222. The highest BCUT2D eigenvalue weighted by Gasteiger charge is 2.12. The quantitative estimate of drug-likeness (QED) is 0.554. The van der Waals surface area contributed by atoms with Crippen molar-refractivity contribution in [3.8, 4) is 11.1 Å². The molecule has 0 radical (unpaired) electrons. The maximum absolute atomic E-state index is 12.2. The summed E-state index contributed by atoms with van der Waals surface area (Å²) in [5.74, 6) is 0.251. The van der Waals surface area contributed by atoms with Gasteiger partial charge in [0.05, 0.1) is 12.2 Å². The summed E-state index contributed by atoms with van der Waals surface area (Å²) in [7, 11) is 0. The van der Waals surface area contributed by atoms with E-state index < -0.39 is 0 Å². The molecule has 1 atom stereocenters. The Balaban J connectivity index is 1.94. The van der Waals surface area contributed by atoms with Gasteiger partial charge in [0.1, 0.15) is 0 Å². The molecular formula is C22H28O2. The van der Waals surface area contributed by atoms with E-state index in [9.17, 15) is 4.79 Å². The second-order valence-corrected chi connectivity index (χ2v) is 6.46. The Hall–Kier alpha value is -2.09. The third kappa shape index (κ3) is 5.23. The molecule has 0 aromatic heterocycles. The third-order valence-electron chi connectivity index (χ3n) is 4.50. The lowest BCUT2D eigenvalue weighted by molar-refractivity contribution is 0.0428. The van der Waals surface area contributed by atoms with E-state index in [4.69, 9.17) is 4.74 Å². The van der Waals surface area contributed by atoms with E-state index >= 15 is 0 Å². The molecule has 0 bridgehead atoms. The second-order valence-electron chi connectivity index (χ2n) is 6.46. The first-order chi connectivity index (χ1) is 11.6. The molecule has 0 fully saturated rings. The van der Waals surface area contributed by atoms with Crippen LogP contribution in [0.5, 0.6) is 0 Å². The van der Waals surface area contributed by atoms with Gasteiger partial charge in [-0.15, -0.1) is 0 Å². The van der Waals surface area contributed by atoms with E-state index in [1.807, 2.05) is 24.3 Å². The van der Waals surface area contributed by atoms with Crippen LogP contribution in [0.2, 0.25) is 0 Å². The van der Waals surface area contributed by atoms with Crippen molar-refractivity contribution in [1.82, 2.24) is 0 Å². The maximum Gasteiger partial charge on any atom is 0.338 e. The van der Waals surface area contributed by atoms with Crippen molar-refractivity contribution in [3.05, 3.63) is 59.7 Å². The topological polar surface area (TPSA) is 26.3 Å². The highest BCUT2D eigenvalue weighted by Crippen LogP contribution is 2.21. The molecule has 0 aliphatic rings. The molecule has 0 N–H and O–H groups in total. The minimum Gasteiger partial charge on any atom is -0.462 e. The van der Waals surface area contributed by atoms with Crippen LogP contribution in [0.15, 0.2) is 48.5 Å². The van der Waals surface area contributed by atoms with E-state index in [1.165, 1.54) is 18.4 Å². The van der Waals surface area contributed by atoms with Gasteiger partial charge in [-0.05, 0) is 42.5 Å².